The molecule has 1 atom stereocenters. The number of carbonyl (C=O) groups is 4. The first kappa shape index (κ1) is 28.8. The second-order valence-electron chi connectivity index (χ2n) is 8.92. The average molecular weight is 755 g/mol. The van der Waals surface area contributed by atoms with Crippen LogP contribution in [-0.2, 0) is 4.79 Å². The molecule has 2 aromatic carbocycles. The van der Waals surface area contributed by atoms with Crippen LogP contribution in [0.4, 0.5) is 0 Å². The third-order valence-electron chi connectivity index (χ3n) is 5.92. The summed E-state index contributed by atoms with van der Waals surface area (Å²) in [5.41, 5.74) is 0.896. The number of ketones is 2. The molecule has 0 fully saturated rings. The van der Waals surface area contributed by atoms with Crippen molar-refractivity contribution in [2.24, 2.45) is 0 Å². The zero-order valence-electron chi connectivity index (χ0n) is 21.0. The van der Waals surface area contributed by atoms with E-state index in [2.05, 4.69) is 5.32 Å². The van der Waals surface area contributed by atoms with Gasteiger partial charge in [0.05, 0.1) is 25.4 Å². The zero-order valence-corrected chi connectivity index (χ0v) is 25.4. The number of aliphatic carboxylic acids is 1. The van der Waals surface area contributed by atoms with Crippen molar-refractivity contribution >= 4 is 74.7 Å². The number of nitrogens with one attached hydrogen (secondary N) is 1. The first-order valence-electron chi connectivity index (χ1n) is 11.7. The largest absolute Gasteiger partial charge is 0.497 e. The van der Waals surface area contributed by atoms with Gasteiger partial charge in [0.25, 0.3) is 5.91 Å². The molecule has 1 aliphatic carbocycles. The molecular formula is C28H23I2NO8. The monoisotopic (exact) mass is 755 g/mol. The van der Waals surface area contributed by atoms with Crippen molar-refractivity contribution in [2.45, 2.75) is 25.8 Å². The van der Waals surface area contributed by atoms with E-state index < -0.39 is 36.1 Å². The number of carboxylic acid groups (broad SMARTS) is 1. The number of halogens is 2. The van der Waals surface area contributed by atoms with E-state index >= 15 is 0 Å². The number of rotatable bonds is 9. The van der Waals surface area contributed by atoms with Gasteiger partial charge in [0.15, 0.2) is 18.2 Å². The summed E-state index contributed by atoms with van der Waals surface area (Å²) < 4.78 is 17.6. The maximum atomic E-state index is 13.9. The highest BCUT2D eigenvalue weighted by Gasteiger charge is 2.36. The molecule has 0 saturated carbocycles. The highest BCUT2D eigenvalue weighted by Crippen LogP contribution is 2.36. The van der Waals surface area contributed by atoms with E-state index in [-0.39, 0.29) is 28.4 Å². The molecule has 1 heterocycles. The third kappa shape index (κ3) is 6.03. The number of fused-ring (bicyclic) bond motifs is 1. The molecule has 1 aliphatic rings. The Morgan fingerprint density at radius 2 is 1.72 bits per heavy atom. The van der Waals surface area contributed by atoms with Gasteiger partial charge in [0, 0.05) is 17.0 Å². The molecule has 2 N–H and O–H groups in total. The van der Waals surface area contributed by atoms with Crippen molar-refractivity contribution in [3.8, 4) is 11.5 Å². The van der Waals surface area contributed by atoms with Crippen LogP contribution in [0.3, 0.4) is 0 Å². The molecule has 1 unspecified atom stereocenters. The van der Waals surface area contributed by atoms with Gasteiger partial charge in [-0.25, -0.2) is 4.79 Å². The van der Waals surface area contributed by atoms with Crippen LogP contribution in [0.15, 0.2) is 46.9 Å². The Balaban J connectivity index is 1.68. The van der Waals surface area contributed by atoms with E-state index in [4.69, 9.17) is 19.0 Å². The Hall–Kier alpha value is -3.20. The molecule has 0 radical (unpaired) electrons. The molecule has 0 spiro atoms. The summed E-state index contributed by atoms with van der Waals surface area (Å²) in [5.74, 6) is -1.09. The maximum absolute atomic E-state index is 13.9. The number of hydrogen-bond acceptors (Lipinski definition) is 7. The smallest absolute Gasteiger partial charge is 0.341 e. The first-order valence-corrected chi connectivity index (χ1v) is 13.9. The lowest BCUT2D eigenvalue weighted by Crippen LogP contribution is -2.41. The van der Waals surface area contributed by atoms with Gasteiger partial charge in [-0.2, -0.15) is 0 Å². The quantitative estimate of drug-likeness (QED) is 0.222. The molecule has 4 rings (SSSR count). The van der Waals surface area contributed by atoms with Crippen LogP contribution in [0.5, 0.6) is 11.5 Å². The van der Waals surface area contributed by atoms with Crippen LogP contribution in [-0.4, -0.2) is 48.3 Å². The van der Waals surface area contributed by atoms with Crippen LogP contribution in [0, 0.1) is 7.14 Å². The summed E-state index contributed by atoms with van der Waals surface area (Å²) in [6, 6.07) is 8.64. The summed E-state index contributed by atoms with van der Waals surface area (Å²) in [6.45, 7) is 3.19. The standard InChI is InChI=1S/C28H23I2NO8/c1-13(2)26-23(24(34)15-10-17(29)27(18(30)11-15)38-12-21(32)33)22-20(39-26)9-8-19(25(22)35)31-28(36)14-4-6-16(37-3)7-5-14/h4-11,13,19H,12H2,1-3H3,(H,31,36)(H,32,33). The van der Waals surface area contributed by atoms with Crippen LogP contribution in [0.1, 0.15) is 67.9 Å². The number of carbonyl (C=O) groups excluding carboxylic acids is 3. The number of Topliss-reactive ketones (excluding diaryl/α,β-unsaturated/α-hetero) is 1. The van der Waals surface area contributed by atoms with Gasteiger partial charge in [0.2, 0.25) is 0 Å². The van der Waals surface area contributed by atoms with Gasteiger partial charge in [-0.1, -0.05) is 19.9 Å². The van der Waals surface area contributed by atoms with E-state index in [1.165, 1.54) is 13.2 Å². The predicted molar refractivity (Wildman–Crippen MR) is 159 cm³/mol. The van der Waals surface area contributed by atoms with Crippen LogP contribution < -0.4 is 14.8 Å². The summed E-state index contributed by atoms with van der Waals surface area (Å²) in [5, 5.41) is 11.7. The fraction of sp³-hybridized carbons (Fsp3) is 0.214. The molecule has 39 heavy (non-hydrogen) atoms. The van der Waals surface area contributed by atoms with Crippen molar-refractivity contribution in [3.63, 3.8) is 0 Å². The van der Waals surface area contributed by atoms with Gasteiger partial charge in [-0.3, -0.25) is 14.4 Å². The van der Waals surface area contributed by atoms with Crippen LogP contribution in [0.2, 0.25) is 0 Å². The first-order chi connectivity index (χ1) is 18.5. The number of carboxylic acids is 1. The van der Waals surface area contributed by atoms with E-state index in [1.807, 2.05) is 59.0 Å². The topological polar surface area (TPSA) is 132 Å². The lowest BCUT2D eigenvalue weighted by Gasteiger charge is -2.18. The highest BCUT2D eigenvalue weighted by atomic mass is 127. The maximum Gasteiger partial charge on any atom is 0.341 e. The Bertz CT molecular complexity index is 1480. The van der Waals surface area contributed by atoms with Gasteiger partial charge in [0.1, 0.15) is 29.1 Å². The number of furan rings is 1. The minimum atomic E-state index is -1.12. The molecule has 1 amide bonds. The minimum Gasteiger partial charge on any atom is -0.497 e. The Labute approximate surface area is 251 Å². The molecule has 11 heteroatoms. The van der Waals surface area contributed by atoms with Crippen LogP contribution in [0.25, 0.3) is 6.08 Å². The second kappa shape index (κ2) is 11.9. The second-order valence-corrected chi connectivity index (χ2v) is 11.2. The van der Waals surface area contributed by atoms with E-state index in [1.54, 1.807) is 42.5 Å². The zero-order chi connectivity index (χ0) is 28.4. The fourth-order valence-electron chi connectivity index (χ4n) is 4.08. The van der Waals surface area contributed by atoms with E-state index in [9.17, 15) is 19.2 Å². The number of hydrogen-bond donors (Lipinski definition) is 2. The molecule has 1 aromatic heterocycles. The summed E-state index contributed by atoms with van der Waals surface area (Å²) in [7, 11) is 1.52. The normalized spacial score (nSPS) is 14.2. The number of benzene rings is 2. The summed E-state index contributed by atoms with van der Waals surface area (Å²) in [4.78, 5) is 51.3. The van der Waals surface area contributed by atoms with E-state index in [0.717, 1.165) is 0 Å². The molecule has 0 saturated heterocycles. The van der Waals surface area contributed by atoms with Crippen LogP contribution >= 0.6 is 45.2 Å². The fourth-order valence-corrected chi connectivity index (χ4v) is 6.15. The lowest BCUT2D eigenvalue weighted by molar-refractivity contribution is -0.139. The molecule has 202 valence electrons. The predicted octanol–water partition coefficient (Wildman–Crippen LogP) is 5.32. The van der Waals surface area contributed by atoms with Gasteiger partial charge in [-0.05, 0) is 87.7 Å². The Morgan fingerprint density at radius 3 is 2.28 bits per heavy atom. The molecule has 9 nitrogen and oxygen atoms in total. The van der Waals surface area contributed by atoms with Crippen molar-refractivity contribution in [2.75, 3.05) is 13.7 Å². The molecule has 0 bridgehead atoms. The van der Waals surface area contributed by atoms with Gasteiger partial charge < -0.3 is 24.3 Å². The number of ether oxygens (including phenoxy) is 2. The third-order valence-corrected chi connectivity index (χ3v) is 7.52. The van der Waals surface area contributed by atoms with Crippen molar-refractivity contribution in [3.05, 3.63) is 83.4 Å². The van der Waals surface area contributed by atoms with E-state index in [0.29, 0.717) is 30.0 Å². The number of methoxy groups -OCH3 is 1. The van der Waals surface area contributed by atoms with Gasteiger partial charge >= 0.3 is 5.97 Å². The number of amides is 1. The average Bonchev–Trinajstić information content (AvgIpc) is 3.30. The summed E-state index contributed by atoms with van der Waals surface area (Å²) >= 11 is 3.95. The molecule has 0 aliphatic heterocycles. The lowest BCUT2D eigenvalue weighted by atomic mass is 9.88. The summed E-state index contributed by atoms with van der Waals surface area (Å²) in [6.07, 6.45) is 3.13. The van der Waals surface area contributed by atoms with Crippen molar-refractivity contribution in [1.82, 2.24) is 5.32 Å². The van der Waals surface area contributed by atoms with Crippen molar-refractivity contribution < 1.29 is 38.2 Å². The SMILES string of the molecule is COc1ccc(C(=O)NC2C=Cc3oc(C(C)C)c(C(=O)c4cc(I)c(OCC(=O)O)c(I)c4)c3C2=O)cc1. The Morgan fingerprint density at radius 1 is 1.08 bits per heavy atom. The Kier molecular flexibility index (Phi) is 8.79. The highest BCUT2D eigenvalue weighted by molar-refractivity contribution is 14.1. The van der Waals surface area contributed by atoms with Crippen molar-refractivity contribution in [1.29, 1.82) is 0 Å². The van der Waals surface area contributed by atoms with Gasteiger partial charge in [-0.15, -0.1) is 0 Å². The minimum absolute atomic E-state index is 0.113. The molecule has 3 aromatic rings. The molecular weight excluding hydrogens is 732 g/mol.